The molecule has 0 saturated heterocycles. The van der Waals surface area contributed by atoms with Gasteiger partial charge in [-0.3, -0.25) is 9.59 Å². The fourth-order valence-corrected chi connectivity index (χ4v) is 2.60. The minimum absolute atomic E-state index is 0.102. The van der Waals surface area contributed by atoms with Gasteiger partial charge in [-0.15, -0.1) is 0 Å². The van der Waals surface area contributed by atoms with Gasteiger partial charge in [-0.05, 0) is 42.0 Å². The SMILES string of the molecule is COc1cccc(NC(=O)c2ccc(NC(=O)Cc3ccccc3)cc2)c1. The fourth-order valence-electron chi connectivity index (χ4n) is 2.60. The van der Waals surface area contributed by atoms with Gasteiger partial charge in [0.1, 0.15) is 5.75 Å². The normalized spacial score (nSPS) is 10.1. The number of anilines is 2. The molecule has 0 radical (unpaired) electrons. The van der Waals surface area contributed by atoms with Crippen LogP contribution >= 0.6 is 0 Å². The Bertz CT molecular complexity index is 922. The van der Waals surface area contributed by atoms with Crippen molar-refractivity contribution in [2.75, 3.05) is 17.7 Å². The van der Waals surface area contributed by atoms with Gasteiger partial charge in [0.05, 0.1) is 13.5 Å². The first-order valence-corrected chi connectivity index (χ1v) is 8.53. The molecule has 0 aliphatic carbocycles. The molecule has 0 aliphatic heterocycles. The highest BCUT2D eigenvalue weighted by molar-refractivity contribution is 6.04. The van der Waals surface area contributed by atoms with E-state index in [1.54, 1.807) is 49.6 Å². The van der Waals surface area contributed by atoms with Crippen molar-refractivity contribution in [2.24, 2.45) is 0 Å². The molecular formula is C22H20N2O3. The maximum atomic E-state index is 12.3. The van der Waals surface area contributed by atoms with Gasteiger partial charge >= 0.3 is 0 Å². The number of methoxy groups -OCH3 is 1. The van der Waals surface area contributed by atoms with Crippen molar-refractivity contribution in [2.45, 2.75) is 6.42 Å². The molecule has 0 bridgehead atoms. The minimum Gasteiger partial charge on any atom is -0.497 e. The number of amides is 2. The summed E-state index contributed by atoms with van der Waals surface area (Å²) in [5.41, 5.74) is 2.75. The topological polar surface area (TPSA) is 67.4 Å². The Morgan fingerprint density at radius 2 is 1.56 bits per heavy atom. The van der Waals surface area contributed by atoms with Gasteiger partial charge in [-0.25, -0.2) is 0 Å². The van der Waals surface area contributed by atoms with E-state index < -0.39 is 0 Å². The van der Waals surface area contributed by atoms with Crippen LogP contribution in [0.3, 0.4) is 0 Å². The average molecular weight is 360 g/mol. The summed E-state index contributed by atoms with van der Waals surface area (Å²) in [5.74, 6) is 0.337. The lowest BCUT2D eigenvalue weighted by atomic mass is 10.1. The van der Waals surface area contributed by atoms with E-state index in [9.17, 15) is 9.59 Å². The Hall–Kier alpha value is -3.60. The van der Waals surface area contributed by atoms with Gasteiger partial charge in [0.15, 0.2) is 0 Å². The monoisotopic (exact) mass is 360 g/mol. The van der Waals surface area contributed by atoms with Crippen LogP contribution in [0.15, 0.2) is 78.9 Å². The Balaban J connectivity index is 1.59. The van der Waals surface area contributed by atoms with Gasteiger partial charge in [0, 0.05) is 23.0 Å². The quantitative estimate of drug-likeness (QED) is 0.695. The number of carbonyl (C=O) groups is 2. The zero-order chi connectivity index (χ0) is 19.1. The van der Waals surface area contributed by atoms with Gasteiger partial charge in [0.2, 0.25) is 5.91 Å². The van der Waals surface area contributed by atoms with Crippen LogP contribution < -0.4 is 15.4 Å². The number of nitrogens with one attached hydrogen (secondary N) is 2. The van der Waals surface area contributed by atoms with Crippen LogP contribution in [0.5, 0.6) is 5.75 Å². The number of rotatable bonds is 6. The predicted octanol–water partition coefficient (Wildman–Crippen LogP) is 4.13. The summed E-state index contributed by atoms with van der Waals surface area (Å²) < 4.78 is 5.15. The lowest BCUT2D eigenvalue weighted by molar-refractivity contribution is -0.115. The molecule has 0 aromatic heterocycles. The highest BCUT2D eigenvalue weighted by atomic mass is 16.5. The smallest absolute Gasteiger partial charge is 0.255 e. The highest BCUT2D eigenvalue weighted by Gasteiger charge is 2.08. The van der Waals surface area contributed by atoms with Crippen molar-refractivity contribution in [1.82, 2.24) is 0 Å². The number of hydrogen-bond acceptors (Lipinski definition) is 3. The molecule has 27 heavy (non-hydrogen) atoms. The van der Waals surface area contributed by atoms with Crippen LogP contribution in [-0.2, 0) is 11.2 Å². The fraction of sp³-hybridized carbons (Fsp3) is 0.0909. The van der Waals surface area contributed by atoms with Crippen LogP contribution in [-0.4, -0.2) is 18.9 Å². The summed E-state index contributed by atoms with van der Waals surface area (Å²) >= 11 is 0. The average Bonchev–Trinajstić information content (AvgIpc) is 2.69. The van der Waals surface area contributed by atoms with E-state index >= 15 is 0 Å². The maximum absolute atomic E-state index is 12.3. The molecule has 5 nitrogen and oxygen atoms in total. The van der Waals surface area contributed by atoms with Crippen LogP contribution in [0.2, 0.25) is 0 Å². The molecule has 0 fully saturated rings. The summed E-state index contributed by atoms with van der Waals surface area (Å²) in [6, 6.07) is 23.5. The molecule has 2 N–H and O–H groups in total. The van der Waals surface area contributed by atoms with Crippen LogP contribution in [0.25, 0.3) is 0 Å². The van der Waals surface area contributed by atoms with E-state index in [-0.39, 0.29) is 11.8 Å². The largest absolute Gasteiger partial charge is 0.497 e. The van der Waals surface area contributed by atoms with E-state index in [1.807, 2.05) is 36.4 Å². The van der Waals surface area contributed by atoms with E-state index in [4.69, 9.17) is 4.74 Å². The van der Waals surface area contributed by atoms with Crippen molar-refractivity contribution < 1.29 is 14.3 Å². The summed E-state index contributed by atoms with van der Waals surface area (Å²) in [5, 5.41) is 5.65. The number of hydrogen-bond donors (Lipinski definition) is 2. The standard InChI is InChI=1S/C22H20N2O3/c1-27-20-9-5-8-19(15-20)24-22(26)17-10-12-18(13-11-17)23-21(25)14-16-6-3-2-4-7-16/h2-13,15H,14H2,1H3,(H,23,25)(H,24,26). The highest BCUT2D eigenvalue weighted by Crippen LogP contribution is 2.18. The molecular weight excluding hydrogens is 340 g/mol. The van der Waals surface area contributed by atoms with Crippen LogP contribution in [0.4, 0.5) is 11.4 Å². The zero-order valence-electron chi connectivity index (χ0n) is 14.9. The molecule has 3 rings (SSSR count). The number of benzene rings is 3. The number of ether oxygens (including phenoxy) is 1. The molecule has 136 valence electrons. The van der Waals surface area contributed by atoms with Crippen molar-refractivity contribution in [3.8, 4) is 5.75 Å². The van der Waals surface area contributed by atoms with E-state index in [0.29, 0.717) is 29.1 Å². The molecule has 3 aromatic carbocycles. The van der Waals surface area contributed by atoms with E-state index in [2.05, 4.69) is 10.6 Å². The molecule has 0 unspecified atom stereocenters. The Morgan fingerprint density at radius 1 is 0.815 bits per heavy atom. The Labute approximate surface area is 158 Å². The maximum Gasteiger partial charge on any atom is 0.255 e. The van der Waals surface area contributed by atoms with Crippen molar-refractivity contribution in [1.29, 1.82) is 0 Å². The van der Waals surface area contributed by atoms with Crippen LogP contribution in [0.1, 0.15) is 15.9 Å². The zero-order valence-corrected chi connectivity index (χ0v) is 14.9. The molecule has 0 heterocycles. The Kier molecular flexibility index (Phi) is 5.84. The molecule has 0 saturated carbocycles. The summed E-state index contributed by atoms with van der Waals surface area (Å²) in [6.45, 7) is 0. The molecule has 0 atom stereocenters. The first-order valence-electron chi connectivity index (χ1n) is 8.53. The lowest BCUT2D eigenvalue weighted by Gasteiger charge is -2.09. The molecule has 5 heteroatoms. The second-order valence-corrected chi connectivity index (χ2v) is 5.97. The third-order valence-electron chi connectivity index (χ3n) is 3.97. The van der Waals surface area contributed by atoms with Crippen molar-refractivity contribution in [3.05, 3.63) is 90.0 Å². The Morgan fingerprint density at radius 3 is 2.26 bits per heavy atom. The third-order valence-corrected chi connectivity index (χ3v) is 3.97. The first-order chi connectivity index (χ1) is 13.1. The minimum atomic E-state index is -0.231. The van der Waals surface area contributed by atoms with Crippen molar-refractivity contribution >= 4 is 23.2 Å². The molecule has 0 aliphatic rings. The van der Waals surface area contributed by atoms with Crippen molar-refractivity contribution in [3.63, 3.8) is 0 Å². The van der Waals surface area contributed by atoms with Gasteiger partial charge in [-0.2, -0.15) is 0 Å². The molecule has 2 amide bonds. The van der Waals surface area contributed by atoms with E-state index in [1.165, 1.54) is 0 Å². The second kappa shape index (κ2) is 8.67. The summed E-state index contributed by atoms with van der Waals surface area (Å²) in [4.78, 5) is 24.4. The number of carbonyl (C=O) groups excluding carboxylic acids is 2. The van der Waals surface area contributed by atoms with Gasteiger partial charge in [-0.1, -0.05) is 36.4 Å². The van der Waals surface area contributed by atoms with Gasteiger partial charge < -0.3 is 15.4 Å². The first kappa shape index (κ1) is 18.2. The lowest BCUT2D eigenvalue weighted by Crippen LogP contribution is -2.15. The van der Waals surface area contributed by atoms with Crippen LogP contribution in [0, 0.1) is 0 Å². The summed E-state index contributed by atoms with van der Waals surface area (Å²) in [6.07, 6.45) is 0.304. The molecule has 3 aromatic rings. The third kappa shape index (κ3) is 5.19. The van der Waals surface area contributed by atoms with E-state index in [0.717, 1.165) is 5.56 Å². The summed E-state index contributed by atoms with van der Waals surface area (Å²) in [7, 11) is 1.58. The second-order valence-electron chi connectivity index (χ2n) is 5.97. The van der Waals surface area contributed by atoms with Gasteiger partial charge in [0.25, 0.3) is 5.91 Å². The molecule has 0 spiro atoms. The predicted molar refractivity (Wildman–Crippen MR) is 106 cm³/mol.